The van der Waals surface area contributed by atoms with Crippen LogP contribution < -0.4 is 0 Å². The third kappa shape index (κ3) is 3.49. The average Bonchev–Trinajstić information content (AvgIpc) is 2.30. The van der Waals surface area contributed by atoms with E-state index in [0.717, 1.165) is 25.7 Å². The number of carbonyl (C=O) groups excluding carboxylic acids is 2. The highest BCUT2D eigenvalue weighted by atomic mass is 16.5. The Hall–Kier alpha value is -1.08. The van der Waals surface area contributed by atoms with Gasteiger partial charge in [0, 0.05) is 6.08 Å². The first-order valence-corrected chi connectivity index (χ1v) is 6.06. The van der Waals surface area contributed by atoms with Crippen molar-refractivity contribution in [1.29, 1.82) is 0 Å². The third-order valence-corrected chi connectivity index (χ3v) is 3.49. The minimum absolute atomic E-state index is 0.0129. The SMILES string of the molecule is CCOC(=O)C(C)C1CCC(C=C=O)CC1. The van der Waals surface area contributed by atoms with Crippen LogP contribution in [0.5, 0.6) is 0 Å². The molecule has 0 bridgehead atoms. The van der Waals surface area contributed by atoms with Crippen molar-refractivity contribution in [2.24, 2.45) is 17.8 Å². The number of hydrogen-bond acceptors (Lipinski definition) is 3. The van der Waals surface area contributed by atoms with Crippen LogP contribution in [-0.4, -0.2) is 18.5 Å². The molecule has 0 N–H and O–H groups in total. The van der Waals surface area contributed by atoms with Crippen molar-refractivity contribution in [1.82, 2.24) is 0 Å². The van der Waals surface area contributed by atoms with Crippen LogP contribution in [-0.2, 0) is 14.3 Å². The lowest BCUT2D eigenvalue weighted by Crippen LogP contribution is -2.26. The van der Waals surface area contributed by atoms with Crippen LogP contribution in [0, 0.1) is 17.8 Å². The lowest BCUT2D eigenvalue weighted by Gasteiger charge is -2.29. The highest BCUT2D eigenvalue weighted by molar-refractivity contribution is 5.72. The van der Waals surface area contributed by atoms with Gasteiger partial charge in [-0.05, 0) is 44.4 Å². The Balaban J connectivity index is 2.40. The monoisotopic (exact) mass is 224 g/mol. The Bertz CT molecular complexity index is 271. The van der Waals surface area contributed by atoms with Gasteiger partial charge in [-0.2, -0.15) is 0 Å². The van der Waals surface area contributed by atoms with E-state index in [-0.39, 0.29) is 11.9 Å². The van der Waals surface area contributed by atoms with Crippen LogP contribution in [0.2, 0.25) is 0 Å². The fraction of sp³-hybridized carbons (Fsp3) is 0.769. The predicted molar refractivity (Wildman–Crippen MR) is 61.5 cm³/mol. The first-order chi connectivity index (χ1) is 7.69. The van der Waals surface area contributed by atoms with Crippen molar-refractivity contribution in [3.05, 3.63) is 6.08 Å². The van der Waals surface area contributed by atoms with Crippen LogP contribution in [0.4, 0.5) is 0 Å². The van der Waals surface area contributed by atoms with Crippen molar-refractivity contribution in [2.75, 3.05) is 6.61 Å². The van der Waals surface area contributed by atoms with Crippen molar-refractivity contribution in [3.63, 3.8) is 0 Å². The second-order valence-electron chi connectivity index (χ2n) is 4.50. The number of esters is 1. The molecule has 0 radical (unpaired) electrons. The molecule has 0 aromatic heterocycles. The van der Waals surface area contributed by atoms with Gasteiger partial charge in [-0.15, -0.1) is 0 Å². The van der Waals surface area contributed by atoms with Crippen LogP contribution in [0.15, 0.2) is 6.08 Å². The first kappa shape index (κ1) is 13.0. The zero-order valence-corrected chi connectivity index (χ0v) is 10.1. The molecule has 0 aliphatic heterocycles. The fourth-order valence-electron chi connectivity index (χ4n) is 2.37. The highest BCUT2D eigenvalue weighted by Crippen LogP contribution is 2.34. The molecule has 0 heterocycles. The molecule has 0 saturated heterocycles. The molecule has 1 aliphatic carbocycles. The van der Waals surface area contributed by atoms with E-state index in [1.165, 1.54) is 0 Å². The van der Waals surface area contributed by atoms with Gasteiger partial charge in [-0.25, -0.2) is 4.79 Å². The number of ether oxygens (including phenoxy) is 1. The Kier molecular flexibility index (Phi) is 5.27. The van der Waals surface area contributed by atoms with Crippen LogP contribution in [0.3, 0.4) is 0 Å². The summed E-state index contributed by atoms with van der Waals surface area (Å²) >= 11 is 0. The summed E-state index contributed by atoms with van der Waals surface area (Å²) in [5.41, 5.74) is 0. The topological polar surface area (TPSA) is 43.4 Å². The van der Waals surface area contributed by atoms with Crippen LogP contribution in [0.1, 0.15) is 39.5 Å². The van der Waals surface area contributed by atoms with E-state index >= 15 is 0 Å². The third-order valence-electron chi connectivity index (χ3n) is 3.49. The Morgan fingerprint density at radius 1 is 1.44 bits per heavy atom. The summed E-state index contributed by atoms with van der Waals surface area (Å²) < 4.78 is 5.02. The summed E-state index contributed by atoms with van der Waals surface area (Å²) in [5.74, 6) is 2.54. The summed E-state index contributed by atoms with van der Waals surface area (Å²) in [6.07, 6.45) is 5.60. The van der Waals surface area contributed by atoms with Gasteiger partial charge < -0.3 is 4.74 Å². The lowest BCUT2D eigenvalue weighted by molar-refractivity contribution is -0.149. The normalized spacial score (nSPS) is 26.6. The van der Waals surface area contributed by atoms with Gasteiger partial charge in [-0.3, -0.25) is 4.79 Å². The minimum Gasteiger partial charge on any atom is -0.466 e. The summed E-state index contributed by atoms with van der Waals surface area (Å²) in [7, 11) is 0. The van der Waals surface area contributed by atoms with E-state index < -0.39 is 0 Å². The van der Waals surface area contributed by atoms with Gasteiger partial charge in [0.2, 0.25) is 0 Å². The van der Waals surface area contributed by atoms with Gasteiger partial charge in [0.25, 0.3) is 0 Å². The minimum atomic E-state index is -0.0862. The smallest absolute Gasteiger partial charge is 0.308 e. The Labute approximate surface area is 96.9 Å². The largest absolute Gasteiger partial charge is 0.466 e. The van der Waals surface area contributed by atoms with Gasteiger partial charge in [0.15, 0.2) is 0 Å². The highest BCUT2D eigenvalue weighted by Gasteiger charge is 2.29. The van der Waals surface area contributed by atoms with E-state index in [9.17, 15) is 9.59 Å². The average molecular weight is 224 g/mol. The fourth-order valence-corrected chi connectivity index (χ4v) is 2.37. The van der Waals surface area contributed by atoms with Crippen molar-refractivity contribution < 1.29 is 14.3 Å². The maximum Gasteiger partial charge on any atom is 0.308 e. The molecule has 0 amide bonds. The van der Waals surface area contributed by atoms with Crippen molar-refractivity contribution in [3.8, 4) is 0 Å². The van der Waals surface area contributed by atoms with Crippen LogP contribution in [0.25, 0.3) is 0 Å². The molecule has 0 aromatic carbocycles. The van der Waals surface area contributed by atoms with E-state index in [0.29, 0.717) is 18.4 Å². The number of rotatable bonds is 4. The van der Waals surface area contributed by atoms with E-state index in [4.69, 9.17) is 4.74 Å². The van der Waals surface area contributed by atoms with Gasteiger partial charge in [-0.1, -0.05) is 6.92 Å². The van der Waals surface area contributed by atoms with Gasteiger partial charge >= 0.3 is 5.97 Å². The molecule has 3 heteroatoms. The molecule has 1 fully saturated rings. The number of carbonyl (C=O) groups is 1. The molecule has 1 aliphatic rings. The summed E-state index contributed by atoms with van der Waals surface area (Å²) in [4.78, 5) is 21.8. The van der Waals surface area contributed by atoms with E-state index in [1.54, 1.807) is 6.08 Å². The molecule has 0 spiro atoms. The zero-order valence-electron chi connectivity index (χ0n) is 10.1. The van der Waals surface area contributed by atoms with Gasteiger partial charge in [0.1, 0.15) is 5.94 Å². The molecule has 1 saturated carbocycles. The molecule has 1 unspecified atom stereocenters. The van der Waals surface area contributed by atoms with Gasteiger partial charge in [0.05, 0.1) is 12.5 Å². The molecular formula is C13H20O3. The second-order valence-corrected chi connectivity index (χ2v) is 4.50. The molecule has 0 aromatic rings. The van der Waals surface area contributed by atoms with Crippen molar-refractivity contribution >= 4 is 11.9 Å². The number of allylic oxidation sites excluding steroid dienone is 1. The maximum absolute atomic E-state index is 11.6. The molecule has 90 valence electrons. The lowest BCUT2D eigenvalue weighted by atomic mass is 9.76. The Morgan fingerprint density at radius 3 is 2.56 bits per heavy atom. The molecule has 16 heavy (non-hydrogen) atoms. The number of hydrogen-bond donors (Lipinski definition) is 0. The summed E-state index contributed by atoms with van der Waals surface area (Å²) in [5, 5.41) is 0. The van der Waals surface area contributed by atoms with Crippen molar-refractivity contribution in [2.45, 2.75) is 39.5 Å². The summed E-state index contributed by atoms with van der Waals surface area (Å²) in [6.45, 7) is 4.22. The summed E-state index contributed by atoms with van der Waals surface area (Å²) in [6, 6.07) is 0. The first-order valence-electron chi connectivity index (χ1n) is 6.06. The standard InChI is InChI=1S/C13H20O3/c1-3-16-13(15)10(2)12-6-4-11(5-7-12)8-9-14/h8,10-12H,3-7H2,1-2H3. The van der Waals surface area contributed by atoms with E-state index in [2.05, 4.69) is 0 Å². The molecule has 3 nitrogen and oxygen atoms in total. The zero-order chi connectivity index (χ0) is 12.0. The quantitative estimate of drug-likeness (QED) is 0.544. The van der Waals surface area contributed by atoms with Crippen LogP contribution >= 0.6 is 0 Å². The molecule has 1 rings (SSSR count). The molecule has 1 atom stereocenters. The van der Waals surface area contributed by atoms with E-state index in [1.807, 2.05) is 19.8 Å². The predicted octanol–water partition coefficient (Wildman–Crippen LogP) is 2.38. The Morgan fingerprint density at radius 2 is 2.06 bits per heavy atom. The maximum atomic E-state index is 11.6. The second kappa shape index (κ2) is 6.49. The molecular weight excluding hydrogens is 204 g/mol.